The molecule has 11 heavy (non-hydrogen) atoms. The van der Waals surface area contributed by atoms with Crippen molar-refractivity contribution in [1.29, 1.82) is 0 Å². The average Bonchev–Trinajstić information content (AvgIpc) is 1.87. The zero-order valence-electron chi connectivity index (χ0n) is 6.65. The molecular formula is C6H13NO4. The number of methoxy groups -OCH3 is 1. The van der Waals surface area contributed by atoms with E-state index in [1.54, 1.807) is 0 Å². The van der Waals surface area contributed by atoms with Gasteiger partial charge in [0.1, 0.15) is 6.23 Å². The molecule has 66 valence electrons. The van der Waals surface area contributed by atoms with E-state index in [0.717, 1.165) is 4.90 Å². The maximum atomic E-state index is 10.4. The van der Waals surface area contributed by atoms with E-state index in [0.29, 0.717) is 0 Å². The summed E-state index contributed by atoms with van der Waals surface area (Å²) in [6.07, 6.45) is -2.13. The summed E-state index contributed by atoms with van der Waals surface area (Å²) in [7, 11) is 1.47. The van der Waals surface area contributed by atoms with Gasteiger partial charge in [-0.2, -0.15) is 0 Å². The number of nitrogens with zero attached hydrogens (tertiary/aromatic N) is 1. The van der Waals surface area contributed by atoms with Crippen molar-refractivity contribution in [2.24, 2.45) is 0 Å². The Morgan fingerprint density at radius 1 is 1.73 bits per heavy atom. The Hall–Kier alpha value is -0.810. The van der Waals surface area contributed by atoms with Crippen LogP contribution in [0, 0.1) is 0 Å². The van der Waals surface area contributed by atoms with E-state index >= 15 is 0 Å². The van der Waals surface area contributed by atoms with Gasteiger partial charge in [-0.15, -0.1) is 0 Å². The Kier molecular flexibility index (Phi) is 4.56. The van der Waals surface area contributed by atoms with Crippen molar-refractivity contribution in [3.8, 4) is 0 Å². The standard InChI is InChI=1S/C6H13NO4/c1-5(8)7(6(9)10)3-4-11-2/h5,8H,3-4H2,1-2H3,(H,9,10). The first-order valence-electron chi connectivity index (χ1n) is 3.26. The van der Waals surface area contributed by atoms with Crippen LogP contribution in [0.2, 0.25) is 0 Å². The van der Waals surface area contributed by atoms with Crippen LogP contribution in [0.25, 0.3) is 0 Å². The molecule has 1 atom stereocenters. The SMILES string of the molecule is COCCN(C(=O)O)C(C)O. The third-order valence-electron chi connectivity index (χ3n) is 1.23. The lowest BCUT2D eigenvalue weighted by atomic mass is 10.5. The van der Waals surface area contributed by atoms with Gasteiger partial charge in [0, 0.05) is 13.7 Å². The summed E-state index contributed by atoms with van der Waals surface area (Å²) < 4.78 is 4.66. The molecule has 0 fully saturated rings. The van der Waals surface area contributed by atoms with Crippen molar-refractivity contribution in [2.45, 2.75) is 13.2 Å². The second-order valence-corrected chi connectivity index (χ2v) is 2.10. The molecule has 0 aliphatic carbocycles. The van der Waals surface area contributed by atoms with Crippen molar-refractivity contribution in [1.82, 2.24) is 4.90 Å². The van der Waals surface area contributed by atoms with Crippen LogP contribution in [0.1, 0.15) is 6.92 Å². The number of ether oxygens (including phenoxy) is 1. The van der Waals surface area contributed by atoms with Gasteiger partial charge in [0.25, 0.3) is 0 Å². The van der Waals surface area contributed by atoms with E-state index in [2.05, 4.69) is 4.74 Å². The topological polar surface area (TPSA) is 70.0 Å². The first-order chi connectivity index (χ1) is 5.09. The Labute approximate surface area is 65.2 Å². The van der Waals surface area contributed by atoms with Crippen LogP contribution in [0.5, 0.6) is 0 Å². The smallest absolute Gasteiger partial charge is 0.409 e. The summed E-state index contributed by atoms with van der Waals surface area (Å²) in [4.78, 5) is 11.2. The molecular weight excluding hydrogens is 150 g/mol. The van der Waals surface area contributed by atoms with E-state index in [1.807, 2.05) is 0 Å². The number of amides is 1. The molecule has 0 saturated carbocycles. The van der Waals surface area contributed by atoms with Gasteiger partial charge in [-0.25, -0.2) is 4.79 Å². The Morgan fingerprint density at radius 2 is 2.27 bits per heavy atom. The van der Waals surface area contributed by atoms with Gasteiger partial charge in [0.05, 0.1) is 6.61 Å². The minimum absolute atomic E-state index is 0.184. The molecule has 5 nitrogen and oxygen atoms in total. The molecule has 0 aromatic heterocycles. The molecule has 0 heterocycles. The predicted molar refractivity (Wildman–Crippen MR) is 38.3 cm³/mol. The second kappa shape index (κ2) is 4.92. The van der Waals surface area contributed by atoms with Crippen LogP contribution in [0.15, 0.2) is 0 Å². The fourth-order valence-corrected chi connectivity index (χ4v) is 0.632. The number of hydrogen-bond acceptors (Lipinski definition) is 3. The molecule has 0 aromatic carbocycles. The van der Waals surface area contributed by atoms with Crippen molar-refractivity contribution < 1.29 is 19.7 Å². The summed E-state index contributed by atoms with van der Waals surface area (Å²) in [5.41, 5.74) is 0. The Balaban J connectivity index is 3.80. The van der Waals surface area contributed by atoms with Gasteiger partial charge in [-0.3, -0.25) is 4.90 Å². The summed E-state index contributed by atoms with van der Waals surface area (Å²) in [5.74, 6) is 0. The number of aliphatic hydroxyl groups is 1. The third kappa shape index (κ3) is 3.79. The predicted octanol–water partition coefficient (Wildman–Crippen LogP) is -0.0489. The van der Waals surface area contributed by atoms with Gasteiger partial charge >= 0.3 is 6.09 Å². The maximum absolute atomic E-state index is 10.4. The summed E-state index contributed by atoms with van der Waals surface area (Å²) >= 11 is 0. The molecule has 0 rings (SSSR count). The highest BCUT2D eigenvalue weighted by Crippen LogP contribution is 1.95. The van der Waals surface area contributed by atoms with Crippen molar-refractivity contribution in [2.75, 3.05) is 20.3 Å². The largest absolute Gasteiger partial charge is 0.465 e. The zero-order chi connectivity index (χ0) is 8.85. The molecule has 0 aliphatic rings. The van der Waals surface area contributed by atoms with Crippen molar-refractivity contribution in [3.05, 3.63) is 0 Å². The fourth-order valence-electron chi connectivity index (χ4n) is 0.632. The van der Waals surface area contributed by atoms with Crippen molar-refractivity contribution >= 4 is 6.09 Å². The molecule has 0 spiro atoms. The lowest BCUT2D eigenvalue weighted by Crippen LogP contribution is -2.39. The second-order valence-electron chi connectivity index (χ2n) is 2.10. The highest BCUT2D eigenvalue weighted by molar-refractivity contribution is 5.65. The molecule has 5 heteroatoms. The van der Waals surface area contributed by atoms with Gasteiger partial charge < -0.3 is 14.9 Å². The van der Waals surface area contributed by atoms with E-state index in [9.17, 15) is 4.79 Å². The number of aliphatic hydroxyl groups excluding tert-OH is 1. The first kappa shape index (κ1) is 10.2. The number of carbonyl (C=O) groups is 1. The Morgan fingerprint density at radius 3 is 2.55 bits per heavy atom. The van der Waals surface area contributed by atoms with Crippen LogP contribution in [-0.2, 0) is 4.74 Å². The van der Waals surface area contributed by atoms with Crippen molar-refractivity contribution in [3.63, 3.8) is 0 Å². The van der Waals surface area contributed by atoms with Crippen LogP contribution < -0.4 is 0 Å². The number of hydrogen-bond donors (Lipinski definition) is 2. The van der Waals surface area contributed by atoms with Gasteiger partial charge in [-0.1, -0.05) is 0 Å². The number of carboxylic acid groups (broad SMARTS) is 1. The van der Waals surface area contributed by atoms with Crippen LogP contribution in [0.4, 0.5) is 4.79 Å². The van der Waals surface area contributed by atoms with E-state index in [4.69, 9.17) is 10.2 Å². The van der Waals surface area contributed by atoms with Crippen LogP contribution in [-0.4, -0.2) is 47.7 Å². The highest BCUT2D eigenvalue weighted by atomic mass is 16.5. The summed E-state index contributed by atoms with van der Waals surface area (Å²) in [6, 6.07) is 0. The lowest BCUT2D eigenvalue weighted by molar-refractivity contribution is 0.0120. The van der Waals surface area contributed by atoms with Gasteiger partial charge in [0.2, 0.25) is 0 Å². The molecule has 0 aromatic rings. The Bertz CT molecular complexity index is 126. The minimum atomic E-state index is -1.14. The highest BCUT2D eigenvalue weighted by Gasteiger charge is 2.15. The van der Waals surface area contributed by atoms with E-state index < -0.39 is 12.3 Å². The molecule has 1 unspecified atom stereocenters. The molecule has 0 aliphatic heterocycles. The average molecular weight is 163 g/mol. The minimum Gasteiger partial charge on any atom is -0.465 e. The third-order valence-corrected chi connectivity index (χ3v) is 1.23. The quantitative estimate of drug-likeness (QED) is 0.570. The molecule has 2 N–H and O–H groups in total. The zero-order valence-corrected chi connectivity index (χ0v) is 6.65. The van der Waals surface area contributed by atoms with E-state index in [1.165, 1.54) is 14.0 Å². The number of rotatable bonds is 4. The van der Waals surface area contributed by atoms with E-state index in [-0.39, 0.29) is 13.2 Å². The van der Waals surface area contributed by atoms with Crippen LogP contribution >= 0.6 is 0 Å². The first-order valence-corrected chi connectivity index (χ1v) is 3.26. The molecule has 0 radical (unpaired) electrons. The maximum Gasteiger partial charge on any atom is 0.409 e. The summed E-state index contributed by atoms with van der Waals surface area (Å²) in [6.45, 7) is 1.87. The summed E-state index contributed by atoms with van der Waals surface area (Å²) in [5, 5.41) is 17.4. The van der Waals surface area contributed by atoms with Gasteiger partial charge in [-0.05, 0) is 6.92 Å². The normalized spacial score (nSPS) is 12.6. The fraction of sp³-hybridized carbons (Fsp3) is 0.833. The van der Waals surface area contributed by atoms with Gasteiger partial charge in [0.15, 0.2) is 0 Å². The molecule has 0 bridgehead atoms. The molecule has 1 amide bonds. The monoisotopic (exact) mass is 163 g/mol. The molecule has 0 saturated heterocycles. The van der Waals surface area contributed by atoms with Crippen LogP contribution in [0.3, 0.4) is 0 Å². The lowest BCUT2D eigenvalue weighted by Gasteiger charge is -2.21.